The predicted octanol–water partition coefficient (Wildman–Crippen LogP) is 3.89. The average molecular weight is 339 g/mol. The van der Waals surface area contributed by atoms with Gasteiger partial charge in [0, 0.05) is 11.5 Å². The molecule has 1 aromatic rings. The number of hydrogen-bond donors (Lipinski definition) is 0. The molecular formula is C15H16BrFN2O. The van der Waals surface area contributed by atoms with Crippen molar-refractivity contribution in [2.45, 2.75) is 37.6 Å². The van der Waals surface area contributed by atoms with Crippen molar-refractivity contribution in [3.05, 3.63) is 34.1 Å². The Morgan fingerprint density at radius 2 is 2.05 bits per heavy atom. The highest BCUT2D eigenvalue weighted by Crippen LogP contribution is 2.33. The van der Waals surface area contributed by atoms with Gasteiger partial charge in [0.2, 0.25) is 0 Å². The molecule has 20 heavy (non-hydrogen) atoms. The quantitative estimate of drug-likeness (QED) is 0.821. The van der Waals surface area contributed by atoms with Crippen LogP contribution in [0.5, 0.6) is 0 Å². The lowest BCUT2D eigenvalue weighted by Gasteiger charge is -2.39. The molecule has 5 heteroatoms. The second kappa shape index (κ2) is 5.92. The first-order valence-corrected chi connectivity index (χ1v) is 7.44. The molecular weight excluding hydrogens is 323 g/mol. The van der Waals surface area contributed by atoms with E-state index in [4.69, 9.17) is 0 Å². The van der Waals surface area contributed by atoms with Crippen molar-refractivity contribution in [1.29, 1.82) is 5.26 Å². The van der Waals surface area contributed by atoms with Crippen LogP contribution in [0.15, 0.2) is 22.7 Å². The smallest absolute Gasteiger partial charge is 0.257 e. The molecule has 0 saturated heterocycles. The molecule has 1 aliphatic carbocycles. The summed E-state index contributed by atoms with van der Waals surface area (Å²) in [6.45, 7) is 0. The maximum absolute atomic E-state index is 13.9. The number of carbonyl (C=O) groups excluding carboxylic acids is 1. The zero-order chi connectivity index (χ0) is 14.8. The number of rotatable bonds is 2. The minimum atomic E-state index is -0.797. The van der Waals surface area contributed by atoms with Gasteiger partial charge in [-0.05, 0) is 31.0 Å². The molecule has 0 aromatic heterocycles. The number of halogens is 2. The summed E-state index contributed by atoms with van der Waals surface area (Å²) in [4.78, 5) is 13.9. The van der Waals surface area contributed by atoms with Crippen LogP contribution in [0.25, 0.3) is 0 Å². The molecule has 0 spiro atoms. The van der Waals surface area contributed by atoms with E-state index in [0.29, 0.717) is 17.3 Å². The van der Waals surface area contributed by atoms with Gasteiger partial charge in [-0.1, -0.05) is 35.2 Å². The summed E-state index contributed by atoms with van der Waals surface area (Å²) in [6, 6.07) is 6.62. The van der Waals surface area contributed by atoms with Crippen molar-refractivity contribution in [1.82, 2.24) is 4.90 Å². The zero-order valence-electron chi connectivity index (χ0n) is 11.3. The van der Waals surface area contributed by atoms with Crippen LogP contribution >= 0.6 is 15.9 Å². The molecule has 2 rings (SSSR count). The highest BCUT2D eigenvalue weighted by atomic mass is 79.9. The Bertz CT molecular complexity index is 561. The van der Waals surface area contributed by atoms with E-state index in [-0.39, 0.29) is 5.56 Å². The van der Waals surface area contributed by atoms with E-state index in [2.05, 4.69) is 22.0 Å². The fourth-order valence-corrected chi connectivity index (χ4v) is 3.03. The Morgan fingerprint density at radius 1 is 1.40 bits per heavy atom. The summed E-state index contributed by atoms with van der Waals surface area (Å²) in [5.41, 5.74) is -0.787. The lowest BCUT2D eigenvalue weighted by atomic mass is 9.81. The van der Waals surface area contributed by atoms with Crippen molar-refractivity contribution < 1.29 is 9.18 Å². The fraction of sp³-hybridized carbons (Fsp3) is 0.467. The van der Waals surface area contributed by atoms with Crippen LogP contribution in [0.4, 0.5) is 4.39 Å². The molecule has 106 valence electrons. The van der Waals surface area contributed by atoms with Gasteiger partial charge in [-0.2, -0.15) is 5.26 Å². The highest BCUT2D eigenvalue weighted by molar-refractivity contribution is 9.10. The lowest BCUT2D eigenvalue weighted by Crippen LogP contribution is -2.50. The summed E-state index contributed by atoms with van der Waals surface area (Å²) in [5, 5.41) is 9.48. The number of nitrogens with zero attached hydrogens (tertiary/aromatic N) is 2. The van der Waals surface area contributed by atoms with E-state index in [1.54, 1.807) is 13.1 Å². The molecule has 0 N–H and O–H groups in total. The summed E-state index contributed by atoms with van der Waals surface area (Å²) in [5.74, 6) is -1.00. The Morgan fingerprint density at radius 3 is 2.60 bits per heavy atom. The van der Waals surface area contributed by atoms with Crippen molar-refractivity contribution in [3.63, 3.8) is 0 Å². The van der Waals surface area contributed by atoms with Crippen LogP contribution in [0, 0.1) is 17.1 Å². The third-order valence-corrected chi connectivity index (χ3v) is 4.49. The summed E-state index contributed by atoms with van der Waals surface area (Å²) in [7, 11) is 1.60. The second-order valence-corrected chi connectivity index (χ2v) is 6.11. The van der Waals surface area contributed by atoms with Gasteiger partial charge in [-0.25, -0.2) is 4.39 Å². The standard InChI is InChI=1S/C15H16BrFN2O/c1-19(15(10-18)7-3-2-4-8-15)14(20)12-6-5-11(16)9-13(12)17/h5-6,9H,2-4,7-8H2,1H3. The molecule has 0 heterocycles. The van der Waals surface area contributed by atoms with Gasteiger partial charge in [-0.15, -0.1) is 0 Å². The van der Waals surface area contributed by atoms with Crippen LogP contribution in [0.3, 0.4) is 0 Å². The largest absolute Gasteiger partial charge is 0.323 e. The first-order chi connectivity index (χ1) is 9.50. The number of nitriles is 1. The Balaban J connectivity index is 2.30. The van der Waals surface area contributed by atoms with E-state index >= 15 is 0 Å². The van der Waals surface area contributed by atoms with Gasteiger partial charge in [0.15, 0.2) is 0 Å². The molecule has 1 aromatic carbocycles. The Labute approximate surface area is 126 Å². The molecule has 0 atom stereocenters. The lowest BCUT2D eigenvalue weighted by molar-refractivity contribution is 0.0584. The molecule has 1 aliphatic rings. The van der Waals surface area contributed by atoms with Crippen LogP contribution in [0.1, 0.15) is 42.5 Å². The predicted molar refractivity (Wildman–Crippen MR) is 77.6 cm³/mol. The van der Waals surface area contributed by atoms with Crippen molar-refractivity contribution in [2.24, 2.45) is 0 Å². The average Bonchev–Trinajstić information content (AvgIpc) is 2.46. The van der Waals surface area contributed by atoms with E-state index in [9.17, 15) is 14.4 Å². The Kier molecular flexibility index (Phi) is 4.44. The van der Waals surface area contributed by atoms with Gasteiger partial charge in [0.25, 0.3) is 5.91 Å². The van der Waals surface area contributed by atoms with E-state index in [0.717, 1.165) is 19.3 Å². The van der Waals surface area contributed by atoms with Gasteiger partial charge in [0.1, 0.15) is 11.4 Å². The maximum atomic E-state index is 13.9. The molecule has 1 amide bonds. The minimum Gasteiger partial charge on any atom is -0.323 e. The van der Waals surface area contributed by atoms with E-state index in [1.807, 2.05) is 0 Å². The first-order valence-electron chi connectivity index (χ1n) is 6.65. The Hall–Kier alpha value is -1.41. The minimum absolute atomic E-state index is 0.0101. The molecule has 0 radical (unpaired) electrons. The molecule has 3 nitrogen and oxygen atoms in total. The molecule has 1 saturated carbocycles. The van der Waals surface area contributed by atoms with Gasteiger partial charge < -0.3 is 4.90 Å². The van der Waals surface area contributed by atoms with Gasteiger partial charge in [-0.3, -0.25) is 4.79 Å². The summed E-state index contributed by atoms with van der Waals surface area (Å²) in [6.07, 6.45) is 4.24. The first kappa shape index (κ1) is 15.0. The molecule has 0 unspecified atom stereocenters. The number of carbonyl (C=O) groups is 1. The SMILES string of the molecule is CN(C(=O)c1ccc(Br)cc1F)C1(C#N)CCCCC1. The molecule has 0 bridgehead atoms. The van der Waals surface area contributed by atoms with Crippen LogP contribution < -0.4 is 0 Å². The van der Waals surface area contributed by atoms with Crippen LogP contribution in [-0.4, -0.2) is 23.4 Å². The molecule has 1 fully saturated rings. The summed E-state index contributed by atoms with van der Waals surface area (Å²) >= 11 is 3.17. The van der Waals surface area contributed by atoms with Crippen molar-refractivity contribution in [3.8, 4) is 6.07 Å². The monoisotopic (exact) mass is 338 g/mol. The maximum Gasteiger partial charge on any atom is 0.257 e. The summed E-state index contributed by atoms with van der Waals surface area (Å²) < 4.78 is 14.5. The van der Waals surface area contributed by atoms with Crippen molar-refractivity contribution >= 4 is 21.8 Å². The van der Waals surface area contributed by atoms with Crippen LogP contribution in [0.2, 0.25) is 0 Å². The van der Waals surface area contributed by atoms with Crippen molar-refractivity contribution in [2.75, 3.05) is 7.05 Å². The third kappa shape index (κ3) is 2.71. The fourth-order valence-electron chi connectivity index (χ4n) is 2.70. The van der Waals surface area contributed by atoms with E-state index < -0.39 is 17.3 Å². The molecule has 0 aliphatic heterocycles. The van der Waals surface area contributed by atoms with Gasteiger partial charge >= 0.3 is 0 Å². The van der Waals surface area contributed by atoms with Crippen LogP contribution in [-0.2, 0) is 0 Å². The third-order valence-electron chi connectivity index (χ3n) is 4.00. The number of benzene rings is 1. The normalized spacial score (nSPS) is 17.3. The second-order valence-electron chi connectivity index (χ2n) is 5.19. The zero-order valence-corrected chi connectivity index (χ0v) is 12.9. The van der Waals surface area contributed by atoms with E-state index in [1.165, 1.54) is 17.0 Å². The number of hydrogen-bond acceptors (Lipinski definition) is 2. The topological polar surface area (TPSA) is 44.1 Å². The highest BCUT2D eigenvalue weighted by Gasteiger charge is 2.39. The number of amides is 1. The van der Waals surface area contributed by atoms with Gasteiger partial charge in [0.05, 0.1) is 11.6 Å².